The summed E-state index contributed by atoms with van der Waals surface area (Å²) in [5.41, 5.74) is 15.4. The summed E-state index contributed by atoms with van der Waals surface area (Å²) in [5, 5.41) is 6.30. The second-order valence-electron chi connectivity index (χ2n) is 6.08. The molecule has 0 fully saturated rings. The van der Waals surface area contributed by atoms with Gasteiger partial charge >= 0.3 is 0 Å². The van der Waals surface area contributed by atoms with Crippen LogP contribution >= 0.6 is 0 Å². The van der Waals surface area contributed by atoms with E-state index in [-0.39, 0.29) is 0 Å². The molecule has 0 aliphatic rings. The maximum atomic E-state index is 5.81. The molecule has 148 valence electrons. The molecular weight excluding hydrogens is 352 g/mol. The lowest BCUT2D eigenvalue weighted by Crippen LogP contribution is -2.15. The summed E-state index contributed by atoms with van der Waals surface area (Å²) in [6.07, 6.45) is 6.68. The van der Waals surface area contributed by atoms with Gasteiger partial charge in [0.1, 0.15) is 12.4 Å². The normalized spacial score (nSPS) is 11.6. The Hall–Kier alpha value is -3.16. The van der Waals surface area contributed by atoms with Crippen LogP contribution in [0.25, 0.3) is 5.57 Å². The molecule has 0 atom stereocenters. The van der Waals surface area contributed by atoms with Crippen molar-refractivity contribution in [2.24, 2.45) is 11.5 Å². The van der Waals surface area contributed by atoms with E-state index in [9.17, 15) is 0 Å². The predicted molar refractivity (Wildman–Crippen MR) is 115 cm³/mol. The Balaban J connectivity index is 2.15. The summed E-state index contributed by atoms with van der Waals surface area (Å²) >= 11 is 0. The number of nitrogens with one attached hydrogen (secondary N) is 2. The molecule has 0 saturated carbocycles. The molecule has 6 N–H and O–H groups in total. The molecular formula is C21H28N6O. The second-order valence-corrected chi connectivity index (χ2v) is 6.08. The molecule has 1 aromatic carbocycles. The van der Waals surface area contributed by atoms with Crippen LogP contribution < -0.4 is 26.8 Å². The first kappa shape index (κ1) is 21.1. The zero-order valence-corrected chi connectivity index (χ0v) is 16.4. The lowest BCUT2D eigenvalue weighted by Gasteiger charge is -2.13. The lowest BCUT2D eigenvalue weighted by atomic mass is 10.0. The second kappa shape index (κ2) is 10.9. The zero-order chi connectivity index (χ0) is 20.4. The number of rotatable bonds is 10. The average molecular weight is 380 g/mol. The molecule has 0 saturated heterocycles. The number of ether oxygens (including phenoxy) is 1. The van der Waals surface area contributed by atoms with Crippen molar-refractivity contribution < 1.29 is 4.74 Å². The van der Waals surface area contributed by atoms with Gasteiger partial charge in [0.25, 0.3) is 0 Å². The molecule has 0 aliphatic heterocycles. The number of hydrogen-bond donors (Lipinski definition) is 4. The van der Waals surface area contributed by atoms with Gasteiger partial charge in [-0.25, -0.2) is 9.97 Å². The van der Waals surface area contributed by atoms with Crippen molar-refractivity contribution in [1.82, 2.24) is 15.3 Å². The number of likely N-dealkylation sites (N-methyl/N-ethyl adjacent to an activating group) is 1. The Morgan fingerprint density at radius 3 is 2.82 bits per heavy atom. The predicted octanol–water partition coefficient (Wildman–Crippen LogP) is 2.50. The Morgan fingerprint density at radius 1 is 1.32 bits per heavy atom. The summed E-state index contributed by atoms with van der Waals surface area (Å²) in [6, 6.07) is 7.65. The number of hydrogen-bond acceptors (Lipinski definition) is 7. The van der Waals surface area contributed by atoms with Gasteiger partial charge in [0.2, 0.25) is 5.95 Å². The maximum absolute atomic E-state index is 5.81. The van der Waals surface area contributed by atoms with Crippen molar-refractivity contribution in [3.05, 3.63) is 72.2 Å². The number of aryl methyl sites for hydroxylation is 1. The highest BCUT2D eigenvalue weighted by molar-refractivity contribution is 5.76. The van der Waals surface area contributed by atoms with Crippen LogP contribution in [-0.2, 0) is 0 Å². The van der Waals surface area contributed by atoms with E-state index in [0.717, 1.165) is 34.7 Å². The van der Waals surface area contributed by atoms with Crippen LogP contribution in [0.5, 0.6) is 5.75 Å². The summed E-state index contributed by atoms with van der Waals surface area (Å²) in [5.74, 6) is 1.31. The van der Waals surface area contributed by atoms with Crippen LogP contribution in [0, 0.1) is 6.92 Å². The lowest BCUT2D eigenvalue weighted by molar-refractivity contribution is 0.318. The van der Waals surface area contributed by atoms with Gasteiger partial charge in [0.05, 0.1) is 5.69 Å². The Bertz CT molecular complexity index is 860. The van der Waals surface area contributed by atoms with E-state index in [1.165, 1.54) is 6.20 Å². The monoisotopic (exact) mass is 380 g/mol. The molecule has 0 bridgehead atoms. The smallest absolute Gasteiger partial charge is 0.227 e. The quantitative estimate of drug-likeness (QED) is 0.370. The van der Waals surface area contributed by atoms with Crippen LogP contribution in [-0.4, -0.2) is 36.7 Å². The maximum Gasteiger partial charge on any atom is 0.227 e. The molecule has 0 radical (unpaired) electrons. The molecule has 7 heteroatoms. The van der Waals surface area contributed by atoms with Crippen molar-refractivity contribution in [2.75, 3.05) is 32.1 Å². The highest BCUT2D eigenvalue weighted by atomic mass is 16.5. The van der Waals surface area contributed by atoms with Crippen molar-refractivity contribution >= 4 is 17.2 Å². The first-order chi connectivity index (χ1) is 13.6. The largest absolute Gasteiger partial charge is 0.492 e. The number of aromatic nitrogens is 2. The molecule has 1 heterocycles. The SMILES string of the molecule is C=C(/C(=C/C=C\N)CN)c1ccnc(Nc2ccc(OCCNC)cc2C)n1. The summed E-state index contributed by atoms with van der Waals surface area (Å²) in [4.78, 5) is 8.86. The van der Waals surface area contributed by atoms with E-state index in [0.29, 0.717) is 24.8 Å². The van der Waals surface area contributed by atoms with Gasteiger partial charge in [-0.15, -0.1) is 0 Å². The van der Waals surface area contributed by atoms with E-state index in [1.807, 2.05) is 38.2 Å². The summed E-state index contributed by atoms with van der Waals surface area (Å²) in [7, 11) is 1.89. The first-order valence-corrected chi connectivity index (χ1v) is 9.04. The third-order valence-electron chi connectivity index (χ3n) is 4.05. The molecule has 0 unspecified atom stereocenters. The Labute approximate surface area is 166 Å². The molecule has 7 nitrogen and oxygen atoms in total. The van der Waals surface area contributed by atoms with Gasteiger partial charge in [-0.1, -0.05) is 12.7 Å². The van der Waals surface area contributed by atoms with E-state index in [1.54, 1.807) is 18.3 Å². The third kappa shape index (κ3) is 5.94. The number of nitrogens with zero attached hydrogens (tertiary/aromatic N) is 2. The topological polar surface area (TPSA) is 111 Å². The minimum Gasteiger partial charge on any atom is -0.492 e. The highest BCUT2D eigenvalue weighted by Crippen LogP contribution is 2.25. The van der Waals surface area contributed by atoms with Gasteiger partial charge in [-0.2, -0.15) is 0 Å². The average Bonchev–Trinajstić information content (AvgIpc) is 2.71. The van der Waals surface area contributed by atoms with E-state index in [4.69, 9.17) is 16.2 Å². The Kier molecular flexibility index (Phi) is 8.20. The fourth-order valence-electron chi connectivity index (χ4n) is 2.47. The van der Waals surface area contributed by atoms with Gasteiger partial charge in [-0.05, 0) is 67.2 Å². The van der Waals surface area contributed by atoms with Crippen LogP contribution in [0.4, 0.5) is 11.6 Å². The minimum atomic E-state index is 0.337. The van der Waals surface area contributed by atoms with E-state index < -0.39 is 0 Å². The molecule has 1 aromatic heterocycles. The van der Waals surface area contributed by atoms with Gasteiger partial charge in [-0.3, -0.25) is 0 Å². The first-order valence-electron chi connectivity index (χ1n) is 9.04. The number of benzene rings is 1. The van der Waals surface area contributed by atoms with Gasteiger partial charge in [0, 0.05) is 25.0 Å². The van der Waals surface area contributed by atoms with Crippen molar-refractivity contribution in [2.45, 2.75) is 6.92 Å². The third-order valence-corrected chi connectivity index (χ3v) is 4.05. The number of anilines is 2. The van der Waals surface area contributed by atoms with Gasteiger partial charge in [0.15, 0.2) is 0 Å². The molecule has 0 spiro atoms. The zero-order valence-electron chi connectivity index (χ0n) is 16.4. The van der Waals surface area contributed by atoms with Crippen molar-refractivity contribution in [3.8, 4) is 5.75 Å². The highest BCUT2D eigenvalue weighted by Gasteiger charge is 2.08. The number of allylic oxidation sites excluding steroid dienone is 2. The fraction of sp³-hybridized carbons (Fsp3) is 0.238. The van der Waals surface area contributed by atoms with Gasteiger partial charge < -0.3 is 26.8 Å². The fourth-order valence-corrected chi connectivity index (χ4v) is 2.47. The number of nitrogens with two attached hydrogens (primary N) is 2. The minimum absolute atomic E-state index is 0.337. The van der Waals surface area contributed by atoms with Crippen molar-refractivity contribution in [1.29, 1.82) is 0 Å². The van der Waals surface area contributed by atoms with Crippen LogP contribution in [0.15, 0.2) is 61.0 Å². The standard InChI is InChI=1S/C21H28N6O/c1-15-13-18(28-12-11-24-3)6-7-19(15)26-21-25-10-8-20(27-21)16(2)17(14-23)5-4-9-22/h4-10,13,24H,2,11-12,14,22-23H2,1,3H3,(H,25,26,27)/b9-4-,17-5+. The molecule has 28 heavy (non-hydrogen) atoms. The molecule has 0 aliphatic carbocycles. The van der Waals surface area contributed by atoms with Crippen LogP contribution in [0.2, 0.25) is 0 Å². The van der Waals surface area contributed by atoms with E-state index >= 15 is 0 Å². The summed E-state index contributed by atoms with van der Waals surface area (Å²) < 4.78 is 5.69. The Morgan fingerprint density at radius 2 is 2.14 bits per heavy atom. The van der Waals surface area contributed by atoms with Crippen LogP contribution in [0.1, 0.15) is 11.3 Å². The van der Waals surface area contributed by atoms with E-state index in [2.05, 4.69) is 27.2 Å². The van der Waals surface area contributed by atoms with Crippen molar-refractivity contribution in [3.63, 3.8) is 0 Å². The summed E-state index contributed by atoms with van der Waals surface area (Å²) in [6.45, 7) is 7.85. The van der Waals surface area contributed by atoms with Crippen LogP contribution in [0.3, 0.4) is 0 Å². The molecule has 2 rings (SSSR count). The molecule has 2 aromatic rings. The molecule has 0 amide bonds.